The first-order valence-electron chi connectivity index (χ1n) is 10.2. The Morgan fingerprint density at radius 3 is 2.14 bits per heavy atom. The summed E-state index contributed by atoms with van der Waals surface area (Å²) in [5.41, 5.74) is 3.22. The van der Waals surface area contributed by atoms with Gasteiger partial charge in [0.25, 0.3) is 0 Å². The van der Waals surface area contributed by atoms with Crippen LogP contribution in [0.5, 0.6) is 5.75 Å². The van der Waals surface area contributed by atoms with Crippen molar-refractivity contribution in [2.24, 2.45) is 10.9 Å². The van der Waals surface area contributed by atoms with Crippen LogP contribution >= 0.6 is 17.0 Å². The molecule has 2 aromatic carbocycles. The maximum absolute atomic E-state index is 10.9. The minimum atomic E-state index is -1.66. The second kappa shape index (κ2) is 11.8. The molecule has 1 saturated carbocycles. The summed E-state index contributed by atoms with van der Waals surface area (Å²) in [5, 5.41) is 12.0. The van der Waals surface area contributed by atoms with Crippen molar-refractivity contribution in [3.63, 3.8) is 0 Å². The van der Waals surface area contributed by atoms with Crippen LogP contribution in [0.25, 0.3) is 11.1 Å². The van der Waals surface area contributed by atoms with Gasteiger partial charge in [0.2, 0.25) is 0 Å². The van der Waals surface area contributed by atoms with Gasteiger partial charge in [-0.25, -0.2) is 0 Å². The second-order valence-corrected chi connectivity index (χ2v) is 17.6. The molecule has 0 heterocycles. The molecule has 6 heteroatoms. The van der Waals surface area contributed by atoms with E-state index in [9.17, 15) is 5.11 Å². The van der Waals surface area contributed by atoms with Crippen LogP contribution < -0.4 is 5.19 Å². The number of hydrogen-bond donors (Lipinski definition) is 1. The second-order valence-electron chi connectivity index (χ2n) is 8.84. The van der Waals surface area contributed by atoms with Crippen molar-refractivity contribution in [3.8, 4) is 16.9 Å². The van der Waals surface area contributed by atoms with E-state index in [1.165, 1.54) is 24.0 Å². The van der Waals surface area contributed by atoms with Crippen LogP contribution in [0.1, 0.15) is 38.2 Å². The van der Waals surface area contributed by atoms with Crippen LogP contribution in [-0.2, 0) is 20.8 Å². The van der Waals surface area contributed by atoms with E-state index < -0.39 is 28.9 Å². The maximum atomic E-state index is 10.9. The van der Waals surface area contributed by atoms with Gasteiger partial charge < -0.3 is 5.11 Å². The fourth-order valence-electron chi connectivity index (χ4n) is 3.70. The van der Waals surface area contributed by atoms with E-state index in [1.807, 2.05) is 12.3 Å². The summed E-state index contributed by atoms with van der Waals surface area (Å²) in [6.45, 7) is 9.16. The Kier molecular flexibility index (Phi) is 10.1. The van der Waals surface area contributed by atoms with Gasteiger partial charge >= 0.3 is 37.9 Å². The van der Waals surface area contributed by atoms with Crippen molar-refractivity contribution in [2.75, 3.05) is 0 Å². The van der Waals surface area contributed by atoms with E-state index in [2.05, 4.69) is 63.0 Å². The molecule has 2 nitrogen and oxygen atoms in total. The van der Waals surface area contributed by atoms with E-state index in [-0.39, 0.29) is 0 Å². The van der Waals surface area contributed by atoms with Gasteiger partial charge in [-0.2, -0.15) is 0 Å². The zero-order chi connectivity index (χ0) is 21.4. The summed E-state index contributed by atoms with van der Waals surface area (Å²) in [7, 11) is 8.20. The molecule has 0 bridgehead atoms. The Labute approximate surface area is 195 Å². The summed E-state index contributed by atoms with van der Waals surface area (Å²) >= 11 is -0.826. The molecule has 1 aliphatic rings. The number of halogens is 2. The number of aromatic hydroxyl groups is 1. The topological polar surface area (TPSA) is 32.6 Å². The normalized spacial score (nSPS) is 19.5. The predicted octanol–water partition coefficient (Wildman–Crippen LogP) is 6.98. The molecule has 0 aromatic heterocycles. The molecular formula is C23H31Cl2NOSiZr. The molecule has 0 saturated heterocycles. The standard InChI is InChI=1S/C23H31NOSi.2ClH.Zr/c1-17-10-12-21(13-11-17)24-16-20-14-19(18-8-6-5-7-9-18)15-22(23(20)25)26(2,3)4;;;/h5-9,14-17,21,25H,10-13H2,1-4H3;2*1H;/q;;;+2/p-2. The van der Waals surface area contributed by atoms with Gasteiger partial charge in [-0.05, 0) is 54.0 Å². The van der Waals surface area contributed by atoms with Crippen LogP contribution in [0, 0.1) is 5.92 Å². The average molecular weight is 528 g/mol. The average Bonchev–Trinajstić information content (AvgIpc) is 2.69. The molecule has 156 valence electrons. The van der Waals surface area contributed by atoms with Crippen LogP contribution in [0.2, 0.25) is 19.6 Å². The third-order valence-corrected chi connectivity index (χ3v) is 7.46. The van der Waals surface area contributed by atoms with Crippen LogP contribution in [0.15, 0.2) is 47.5 Å². The van der Waals surface area contributed by atoms with Crippen molar-refractivity contribution in [3.05, 3.63) is 48.0 Å². The minimum absolute atomic E-state index is 0.404. The summed E-state index contributed by atoms with van der Waals surface area (Å²) in [6, 6.07) is 15.1. The third kappa shape index (κ3) is 7.65. The molecule has 0 radical (unpaired) electrons. The Balaban J connectivity index is 0.000000941. The van der Waals surface area contributed by atoms with E-state index in [0.717, 1.165) is 29.5 Å². The van der Waals surface area contributed by atoms with Crippen molar-refractivity contribution in [1.82, 2.24) is 0 Å². The first-order chi connectivity index (χ1) is 13.8. The third-order valence-electron chi connectivity index (χ3n) is 5.46. The van der Waals surface area contributed by atoms with E-state index in [0.29, 0.717) is 11.8 Å². The molecule has 0 aliphatic heterocycles. The predicted molar refractivity (Wildman–Crippen MR) is 127 cm³/mol. The molecule has 1 fully saturated rings. The Hall–Kier alpha value is -0.410. The summed E-state index contributed by atoms with van der Waals surface area (Å²) < 4.78 is 0. The van der Waals surface area contributed by atoms with Gasteiger partial charge in [-0.1, -0.05) is 63.0 Å². The summed E-state index contributed by atoms with van der Waals surface area (Å²) in [6.07, 6.45) is 6.78. The summed E-state index contributed by atoms with van der Waals surface area (Å²) in [5.74, 6) is 1.26. The first-order valence-corrected chi connectivity index (χ1v) is 20.0. The number of hydrogen-bond acceptors (Lipinski definition) is 2. The molecule has 0 amide bonds. The van der Waals surface area contributed by atoms with Gasteiger partial charge in [-0.3, -0.25) is 4.99 Å². The number of phenolic OH excluding ortho intramolecular Hbond substituents is 1. The molecule has 2 aromatic rings. The molecule has 29 heavy (non-hydrogen) atoms. The van der Waals surface area contributed by atoms with Gasteiger partial charge in [0.1, 0.15) is 5.75 Å². The quantitative estimate of drug-likeness (QED) is 0.338. The molecule has 0 unspecified atom stereocenters. The van der Waals surface area contributed by atoms with Crippen molar-refractivity contribution in [2.45, 2.75) is 58.3 Å². The Morgan fingerprint density at radius 1 is 1.00 bits per heavy atom. The number of phenols is 1. The number of rotatable bonds is 4. The van der Waals surface area contributed by atoms with Crippen LogP contribution in [0.3, 0.4) is 0 Å². The van der Waals surface area contributed by atoms with Crippen LogP contribution in [-0.4, -0.2) is 25.4 Å². The SMILES string of the molecule is CC1CCC(N=Cc2cc(-c3ccccc3)cc([Si](C)(C)C)c2O)CC1.[Cl][Zr][Cl]. The van der Waals surface area contributed by atoms with Gasteiger partial charge in [0.15, 0.2) is 0 Å². The Bertz CT molecular complexity index is 801. The van der Waals surface area contributed by atoms with Crippen molar-refractivity contribution < 1.29 is 26.0 Å². The monoisotopic (exact) mass is 525 g/mol. The Morgan fingerprint density at radius 2 is 1.59 bits per heavy atom. The molecule has 0 atom stereocenters. The van der Waals surface area contributed by atoms with Crippen molar-refractivity contribution in [1.29, 1.82) is 0 Å². The van der Waals surface area contributed by atoms with E-state index in [1.54, 1.807) is 0 Å². The number of benzene rings is 2. The zero-order valence-corrected chi connectivity index (χ0v) is 22.7. The first kappa shape index (κ1) is 24.9. The zero-order valence-electron chi connectivity index (χ0n) is 17.8. The fraction of sp³-hybridized carbons (Fsp3) is 0.435. The molecule has 0 spiro atoms. The van der Waals surface area contributed by atoms with Crippen molar-refractivity contribution >= 4 is 36.5 Å². The van der Waals surface area contributed by atoms with Crippen LogP contribution in [0.4, 0.5) is 0 Å². The van der Waals surface area contributed by atoms with Gasteiger partial charge in [0, 0.05) is 17.8 Å². The van der Waals surface area contributed by atoms with E-state index >= 15 is 0 Å². The molecule has 1 N–H and O–H groups in total. The number of nitrogens with zero attached hydrogens (tertiary/aromatic N) is 1. The van der Waals surface area contributed by atoms with Gasteiger partial charge in [-0.15, -0.1) is 0 Å². The van der Waals surface area contributed by atoms with Gasteiger partial charge in [0.05, 0.1) is 8.07 Å². The molecule has 3 rings (SSSR count). The number of aliphatic imine (C=N–C) groups is 1. The summed E-state index contributed by atoms with van der Waals surface area (Å²) in [4.78, 5) is 4.84. The fourth-order valence-corrected chi connectivity index (χ4v) is 5.14. The molecular weight excluding hydrogens is 496 g/mol. The van der Waals surface area contributed by atoms with E-state index in [4.69, 9.17) is 22.0 Å². The molecule has 1 aliphatic carbocycles.